The van der Waals surface area contributed by atoms with E-state index in [-0.39, 0.29) is 11.3 Å². The molecule has 6 heteroatoms. The quantitative estimate of drug-likeness (QED) is 0.484. The van der Waals surface area contributed by atoms with Crippen molar-refractivity contribution < 1.29 is 13.2 Å². The predicted octanol–water partition coefficient (Wildman–Crippen LogP) is 5.39. The van der Waals surface area contributed by atoms with E-state index in [0.29, 0.717) is 11.1 Å². The standard InChI is InChI=1S/C20H14F3N3/c1-13-7-9-15(10-8-13)17-11-18(20(21,22)23)26-19(25-17)16(12-24-26)14-5-3-2-4-6-14/h2-12H,1H3. The van der Waals surface area contributed by atoms with Gasteiger partial charge in [0.15, 0.2) is 11.3 Å². The Morgan fingerprint density at radius 2 is 1.58 bits per heavy atom. The molecule has 0 saturated heterocycles. The number of aryl methyl sites for hydroxylation is 1. The Kier molecular flexibility index (Phi) is 3.76. The van der Waals surface area contributed by atoms with Crippen LogP contribution in [0.2, 0.25) is 0 Å². The molecule has 0 aliphatic carbocycles. The van der Waals surface area contributed by atoms with Gasteiger partial charge in [0.25, 0.3) is 0 Å². The molecule has 0 bridgehead atoms. The zero-order valence-electron chi connectivity index (χ0n) is 13.8. The number of hydrogen-bond acceptors (Lipinski definition) is 2. The van der Waals surface area contributed by atoms with E-state index in [1.165, 1.54) is 6.20 Å². The summed E-state index contributed by atoms with van der Waals surface area (Å²) in [6.45, 7) is 1.92. The lowest BCUT2D eigenvalue weighted by Gasteiger charge is -2.12. The van der Waals surface area contributed by atoms with E-state index < -0.39 is 11.9 Å². The van der Waals surface area contributed by atoms with Gasteiger partial charge in [0.1, 0.15) is 0 Å². The van der Waals surface area contributed by atoms with Gasteiger partial charge in [-0.3, -0.25) is 0 Å². The summed E-state index contributed by atoms with van der Waals surface area (Å²) in [7, 11) is 0. The molecule has 0 spiro atoms. The van der Waals surface area contributed by atoms with Gasteiger partial charge in [0.05, 0.1) is 11.9 Å². The minimum absolute atomic E-state index is 0.182. The Labute approximate surface area is 147 Å². The molecule has 3 nitrogen and oxygen atoms in total. The van der Waals surface area contributed by atoms with Crippen LogP contribution in [0.4, 0.5) is 13.2 Å². The highest BCUT2D eigenvalue weighted by Crippen LogP contribution is 2.34. The number of benzene rings is 2. The monoisotopic (exact) mass is 353 g/mol. The number of aromatic nitrogens is 3. The van der Waals surface area contributed by atoms with Gasteiger partial charge in [-0.15, -0.1) is 0 Å². The minimum atomic E-state index is -4.54. The van der Waals surface area contributed by atoms with Gasteiger partial charge in [0, 0.05) is 11.1 Å². The SMILES string of the molecule is Cc1ccc(-c2cc(C(F)(F)F)n3ncc(-c4ccccc4)c3n2)cc1. The fourth-order valence-electron chi connectivity index (χ4n) is 2.86. The number of hydrogen-bond donors (Lipinski definition) is 0. The van der Waals surface area contributed by atoms with Crippen LogP contribution >= 0.6 is 0 Å². The Hall–Kier alpha value is -3.15. The van der Waals surface area contributed by atoms with E-state index in [2.05, 4.69) is 10.1 Å². The molecular weight excluding hydrogens is 339 g/mol. The molecule has 2 aromatic heterocycles. The fourth-order valence-corrected chi connectivity index (χ4v) is 2.86. The Bertz CT molecular complexity index is 1070. The molecule has 2 heterocycles. The molecule has 0 fully saturated rings. The van der Waals surface area contributed by atoms with Crippen molar-refractivity contribution in [2.45, 2.75) is 13.1 Å². The first-order valence-corrected chi connectivity index (χ1v) is 8.02. The molecule has 0 aliphatic rings. The van der Waals surface area contributed by atoms with Crippen molar-refractivity contribution in [1.29, 1.82) is 0 Å². The first kappa shape index (κ1) is 16.3. The van der Waals surface area contributed by atoms with E-state index in [0.717, 1.165) is 21.7 Å². The minimum Gasteiger partial charge on any atom is -0.228 e. The summed E-state index contributed by atoms with van der Waals surface area (Å²) in [5.41, 5.74) is 2.59. The van der Waals surface area contributed by atoms with Crippen LogP contribution in [0.25, 0.3) is 28.0 Å². The van der Waals surface area contributed by atoms with Crippen molar-refractivity contribution in [1.82, 2.24) is 14.6 Å². The second kappa shape index (κ2) is 5.98. The van der Waals surface area contributed by atoms with E-state index >= 15 is 0 Å². The van der Waals surface area contributed by atoms with Crippen LogP contribution in [-0.4, -0.2) is 14.6 Å². The fraction of sp³-hybridized carbons (Fsp3) is 0.100. The van der Waals surface area contributed by atoms with E-state index in [1.807, 2.05) is 49.4 Å². The second-order valence-electron chi connectivity index (χ2n) is 6.05. The maximum absolute atomic E-state index is 13.6. The molecular formula is C20H14F3N3. The highest BCUT2D eigenvalue weighted by molar-refractivity contribution is 5.79. The number of alkyl halides is 3. The topological polar surface area (TPSA) is 30.2 Å². The van der Waals surface area contributed by atoms with Gasteiger partial charge in [-0.2, -0.15) is 18.3 Å². The average molecular weight is 353 g/mol. The van der Waals surface area contributed by atoms with E-state index in [4.69, 9.17) is 0 Å². The molecule has 0 saturated carbocycles. The summed E-state index contributed by atoms with van der Waals surface area (Å²) in [5.74, 6) is 0. The van der Waals surface area contributed by atoms with Crippen LogP contribution in [-0.2, 0) is 6.18 Å². The van der Waals surface area contributed by atoms with Crippen LogP contribution in [0.15, 0.2) is 66.9 Å². The number of fused-ring (bicyclic) bond motifs is 1. The third-order valence-corrected chi connectivity index (χ3v) is 4.19. The van der Waals surface area contributed by atoms with E-state index in [9.17, 15) is 13.2 Å². The van der Waals surface area contributed by atoms with Crippen LogP contribution in [0.3, 0.4) is 0 Å². The Morgan fingerprint density at radius 1 is 0.885 bits per heavy atom. The number of halogens is 3. The third kappa shape index (κ3) is 2.83. The Balaban J connectivity index is 2.01. The van der Waals surface area contributed by atoms with Crippen LogP contribution < -0.4 is 0 Å². The maximum Gasteiger partial charge on any atom is 0.433 e. The zero-order valence-corrected chi connectivity index (χ0v) is 13.8. The van der Waals surface area contributed by atoms with Gasteiger partial charge in [-0.05, 0) is 18.6 Å². The average Bonchev–Trinajstić information content (AvgIpc) is 3.05. The maximum atomic E-state index is 13.6. The van der Waals surface area contributed by atoms with Crippen LogP contribution in [0, 0.1) is 6.92 Å². The van der Waals surface area contributed by atoms with Crippen molar-refractivity contribution in [3.05, 3.63) is 78.1 Å². The molecule has 4 aromatic rings. The summed E-state index contributed by atoms with van der Waals surface area (Å²) in [6, 6.07) is 17.4. The molecule has 26 heavy (non-hydrogen) atoms. The largest absolute Gasteiger partial charge is 0.433 e. The predicted molar refractivity (Wildman–Crippen MR) is 93.6 cm³/mol. The van der Waals surface area contributed by atoms with Crippen molar-refractivity contribution in [2.24, 2.45) is 0 Å². The highest BCUT2D eigenvalue weighted by atomic mass is 19.4. The molecule has 0 unspecified atom stereocenters. The van der Waals surface area contributed by atoms with Gasteiger partial charge >= 0.3 is 6.18 Å². The molecule has 2 aromatic carbocycles. The first-order chi connectivity index (χ1) is 12.4. The van der Waals surface area contributed by atoms with Gasteiger partial charge in [0.2, 0.25) is 0 Å². The zero-order chi connectivity index (χ0) is 18.3. The van der Waals surface area contributed by atoms with Gasteiger partial charge < -0.3 is 0 Å². The normalized spacial score (nSPS) is 11.8. The summed E-state index contributed by atoms with van der Waals surface area (Å²) in [5, 5.41) is 3.94. The van der Waals surface area contributed by atoms with Crippen molar-refractivity contribution >= 4 is 5.65 Å². The summed E-state index contributed by atoms with van der Waals surface area (Å²) in [6.07, 6.45) is -3.12. The first-order valence-electron chi connectivity index (χ1n) is 8.02. The second-order valence-corrected chi connectivity index (χ2v) is 6.05. The lowest BCUT2D eigenvalue weighted by atomic mass is 10.1. The smallest absolute Gasteiger partial charge is 0.228 e. The van der Waals surface area contributed by atoms with Crippen molar-refractivity contribution in [3.8, 4) is 22.4 Å². The number of nitrogens with zero attached hydrogens (tertiary/aromatic N) is 3. The van der Waals surface area contributed by atoms with Crippen molar-refractivity contribution in [3.63, 3.8) is 0 Å². The Morgan fingerprint density at radius 3 is 2.23 bits per heavy atom. The lowest BCUT2D eigenvalue weighted by Crippen LogP contribution is -2.13. The molecule has 4 rings (SSSR count). The number of rotatable bonds is 2. The van der Waals surface area contributed by atoms with Crippen LogP contribution in [0.1, 0.15) is 11.3 Å². The van der Waals surface area contributed by atoms with E-state index in [1.54, 1.807) is 12.1 Å². The molecule has 130 valence electrons. The molecule has 0 radical (unpaired) electrons. The summed E-state index contributed by atoms with van der Waals surface area (Å²) in [4.78, 5) is 4.49. The van der Waals surface area contributed by atoms with Gasteiger partial charge in [-0.1, -0.05) is 60.2 Å². The molecule has 0 atom stereocenters. The molecule has 0 aliphatic heterocycles. The highest BCUT2D eigenvalue weighted by Gasteiger charge is 2.35. The van der Waals surface area contributed by atoms with Crippen molar-refractivity contribution in [2.75, 3.05) is 0 Å². The lowest BCUT2D eigenvalue weighted by molar-refractivity contribution is -0.142. The summed E-state index contributed by atoms with van der Waals surface area (Å²) >= 11 is 0. The third-order valence-electron chi connectivity index (χ3n) is 4.19. The van der Waals surface area contributed by atoms with Crippen LogP contribution in [0.5, 0.6) is 0 Å². The summed E-state index contributed by atoms with van der Waals surface area (Å²) < 4.78 is 41.7. The van der Waals surface area contributed by atoms with Gasteiger partial charge in [-0.25, -0.2) is 9.50 Å². The molecule has 0 amide bonds. The molecule has 0 N–H and O–H groups in total.